The van der Waals surface area contributed by atoms with Crippen LogP contribution in [0.2, 0.25) is 0 Å². The summed E-state index contributed by atoms with van der Waals surface area (Å²) in [4.78, 5) is 0. The number of unbranched alkanes of at least 4 members (excludes halogenated alkanes) is 36. The zero-order chi connectivity index (χ0) is 32.3. The molecule has 0 spiro atoms. The molecule has 0 heterocycles. The van der Waals surface area contributed by atoms with E-state index in [1.165, 1.54) is 244 Å². The van der Waals surface area contributed by atoms with Crippen molar-refractivity contribution in [2.45, 2.75) is 244 Å². The fourth-order valence-electron chi connectivity index (χ4n) is 6.91. The monoisotopic (exact) mass is 659 g/mol. The summed E-state index contributed by atoms with van der Waals surface area (Å²) in [5, 5.41) is 0. The van der Waals surface area contributed by atoms with E-state index in [1.54, 1.807) is 0 Å². The Morgan fingerprint density at radius 2 is 0.386 bits per heavy atom. The number of hydrogen-bond acceptors (Lipinski definition) is 0. The molecule has 0 nitrogen and oxygen atoms in total. The maximum absolute atomic E-state index is 6.65. The molecule has 2 heteroatoms. The average Bonchev–Trinajstić information content (AvgIpc) is 2.98. The molecule has 0 aromatic rings. The van der Waals surface area contributed by atoms with Gasteiger partial charge in [-0.25, -0.2) is 0 Å². The van der Waals surface area contributed by atoms with Crippen LogP contribution in [-0.4, -0.2) is 26.2 Å². The number of rotatable bonds is 38. The van der Waals surface area contributed by atoms with Gasteiger partial charge in [0.1, 0.15) is 0 Å². The van der Waals surface area contributed by atoms with Crippen molar-refractivity contribution in [3.8, 4) is 0 Å². The second-order valence-corrected chi connectivity index (χ2v) is 26.4. The zero-order valence-electron chi connectivity index (χ0n) is 31.7. The Balaban J connectivity index is 3.07. The van der Waals surface area contributed by atoms with Crippen molar-refractivity contribution in [3.05, 3.63) is 0 Å². The third-order valence-electron chi connectivity index (χ3n) is 10.0. The van der Waals surface area contributed by atoms with Gasteiger partial charge in [-0.15, -0.1) is 0 Å². The minimum atomic E-state index is -1.77. The van der Waals surface area contributed by atoms with E-state index in [-0.39, 0.29) is 0 Å². The van der Waals surface area contributed by atoms with E-state index in [0.29, 0.717) is 0 Å². The standard InChI is InChI=1S/C42H88ClP/c1-5-6-7-8-9-10-11-12-13-14-15-16-17-18-19-20-21-22-23-24-25-26-27-28-29-30-31-32-33-34-35-36-37-38-39-40-41-42-44(2,3,4)43/h5-42H2,1-4H3. The van der Waals surface area contributed by atoms with Gasteiger partial charge in [-0.3, -0.25) is 0 Å². The molecule has 0 saturated heterocycles. The molecule has 0 fully saturated rings. The summed E-state index contributed by atoms with van der Waals surface area (Å²) in [7, 11) is 0. The van der Waals surface area contributed by atoms with Crippen LogP contribution in [0.4, 0.5) is 0 Å². The van der Waals surface area contributed by atoms with Crippen LogP contribution in [0.15, 0.2) is 0 Å². The summed E-state index contributed by atoms with van der Waals surface area (Å²) < 4.78 is 0. The van der Waals surface area contributed by atoms with Crippen LogP contribution in [0.3, 0.4) is 0 Å². The molecule has 0 aromatic heterocycles. The second-order valence-electron chi connectivity index (χ2n) is 16.4. The fourth-order valence-corrected chi connectivity index (χ4v) is 8.56. The first-order valence-corrected chi connectivity index (χ1v) is 25.7. The zero-order valence-corrected chi connectivity index (χ0v) is 33.3. The van der Waals surface area contributed by atoms with Crippen LogP contribution in [-0.2, 0) is 0 Å². The molecule has 0 atom stereocenters. The van der Waals surface area contributed by atoms with Crippen LogP contribution in [0.25, 0.3) is 0 Å². The van der Waals surface area contributed by atoms with Crippen molar-refractivity contribution in [1.29, 1.82) is 0 Å². The van der Waals surface area contributed by atoms with E-state index in [4.69, 9.17) is 11.2 Å². The molecule has 44 heavy (non-hydrogen) atoms. The van der Waals surface area contributed by atoms with Crippen molar-refractivity contribution in [2.24, 2.45) is 0 Å². The third-order valence-corrected chi connectivity index (χ3v) is 12.4. The SMILES string of the molecule is CCCCCCCCCCCCCCCCCCCCCCCCCCCCCCCCCCCCCCCP(C)(C)(C)Cl. The Kier molecular flexibility index (Phi) is 34.2. The van der Waals surface area contributed by atoms with Crippen molar-refractivity contribution < 1.29 is 0 Å². The minimum absolute atomic E-state index is 1.26. The molecule has 0 aliphatic carbocycles. The molecule has 268 valence electrons. The molecule has 0 aliphatic heterocycles. The van der Waals surface area contributed by atoms with Crippen LogP contribution < -0.4 is 0 Å². The molecule has 0 bridgehead atoms. The van der Waals surface area contributed by atoms with Gasteiger partial charge in [0, 0.05) is 0 Å². The summed E-state index contributed by atoms with van der Waals surface area (Å²) in [6.45, 7) is 9.18. The van der Waals surface area contributed by atoms with Gasteiger partial charge in [-0.2, -0.15) is 0 Å². The Morgan fingerprint density at radius 3 is 0.523 bits per heavy atom. The summed E-state index contributed by atoms with van der Waals surface area (Å²) in [5.74, 6) is -1.77. The topological polar surface area (TPSA) is 0 Å². The first-order valence-electron chi connectivity index (χ1n) is 21.0. The Hall–Kier alpha value is 0.720. The summed E-state index contributed by atoms with van der Waals surface area (Å²) >= 11 is 6.65. The Labute approximate surface area is 286 Å². The van der Waals surface area contributed by atoms with Gasteiger partial charge in [0.2, 0.25) is 0 Å². The summed E-state index contributed by atoms with van der Waals surface area (Å²) in [6.07, 6.45) is 55.7. The molecule has 0 aliphatic rings. The van der Waals surface area contributed by atoms with E-state index < -0.39 is 5.96 Å². The van der Waals surface area contributed by atoms with Gasteiger partial charge in [0.05, 0.1) is 0 Å². The summed E-state index contributed by atoms with van der Waals surface area (Å²) in [6, 6.07) is 0. The number of hydrogen-bond donors (Lipinski definition) is 0. The fraction of sp³-hybridized carbons (Fsp3) is 1.00. The van der Waals surface area contributed by atoms with Crippen molar-refractivity contribution in [3.63, 3.8) is 0 Å². The quantitative estimate of drug-likeness (QED) is 0.0457. The van der Waals surface area contributed by atoms with Gasteiger partial charge in [0.25, 0.3) is 0 Å². The maximum atomic E-state index is 6.65. The Bertz CT molecular complexity index is 526. The van der Waals surface area contributed by atoms with Gasteiger partial charge in [-0.05, 0) is 0 Å². The van der Waals surface area contributed by atoms with E-state index in [1.807, 2.05) is 0 Å². The summed E-state index contributed by atoms with van der Waals surface area (Å²) in [5.41, 5.74) is 0. The van der Waals surface area contributed by atoms with Crippen LogP contribution >= 0.6 is 17.2 Å². The van der Waals surface area contributed by atoms with Crippen molar-refractivity contribution in [2.75, 3.05) is 26.2 Å². The average molecular weight is 660 g/mol. The Morgan fingerprint density at radius 1 is 0.250 bits per heavy atom. The molecule has 0 aromatic carbocycles. The van der Waals surface area contributed by atoms with E-state index in [2.05, 4.69) is 26.9 Å². The van der Waals surface area contributed by atoms with Gasteiger partial charge < -0.3 is 0 Å². The van der Waals surface area contributed by atoms with Gasteiger partial charge in [-0.1, -0.05) is 174 Å². The predicted octanol–water partition coefficient (Wildman–Crippen LogP) is 17.0. The number of halogens is 1. The molecule has 0 radical (unpaired) electrons. The molecule has 0 unspecified atom stereocenters. The van der Waals surface area contributed by atoms with Gasteiger partial charge >= 0.3 is 114 Å². The van der Waals surface area contributed by atoms with Crippen molar-refractivity contribution in [1.82, 2.24) is 0 Å². The molecular weight excluding hydrogens is 571 g/mol. The molecule has 0 saturated carbocycles. The molecule has 0 amide bonds. The van der Waals surface area contributed by atoms with Crippen LogP contribution in [0.1, 0.15) is 244 Å². The van der Waals surface area contributed by atoms with Crippen LogP contribution in [0.5, 0.6) is 0 Å². The first kappa shape index (κ1) is 44.7. The predicted molar refractivity (Wildman–Crippen MR) is 212 cm³/mol. The van der Waals surface area contributed by atoms with Crippen LogP contribution in [0, 0.1) is 0 Å². The van der Waals surface area contributed by atoms with Gasteiger partial charge in [0.15, 0.2) is 0 Å². The molecular formula is C42H88ClP. The normalized spacial score (nSPS) is 13.0. The van der Waals surface area contributed by atoms with Crippen molar-refractivity contribution >= 4 is 17.2 Å². The molecule has 0 rings (SSSR count). The second kappa shape index (κ2) is 33.6. The van der Waals surface area contributed by atoms with E-state index >= 15 is 0 Å². The van der Waals surface area contributed by atoms with E-state index in [0.717, 1.165) is 0 Å². The van der Waals surface area contributed by atoms with E-state index in [9.17, 15) is 0 Å². The first-order chi connectivity index (χ1) is 21.3. The molecule has 0 N–H and O–H groups in total. The third kappa shape index (κ3) is 42.7.